The second-order valence-corrected chi connectivity index (χ2v) is 23.9. The molecule has 4 aromatic heterocycles. The third-order valence-corrected chi connectivity index (χ3v) is 18.6. The number of aromatic nitrogens is 7. The summed E-state index contributed by atoms with van der Waals surface area (Å²) < 4.78 is 6.61. The second kappa shape index (κ2) is 15.6. The predicted octanol–water partition coefficient (Wildman–Crippen LogP) is 11.4. The van der Waals surface area contributed by atoms with Crippen molar-refractivity contribution in [2.45, 2.75) is 52.4 Å². The van der Waals surface area contributed by atoms with Crippen molar-refractivity contribution in [3.63, 3.8) is 0 Å². The van der Waals surface area contributed by atoms with E-state index in [-0.39, 0.29) is 10.8 Å². The number of fused-ring (bicyclic) bond motifs is 8. The molecule has 12 aromatic rings. The molecule has 12 rings (SSSR count). The van der Waals surface area contributed by atoms with Crippen molar-refractivity contribution in [1.82, 2.24) is 33.5 Å². The molecule has 0 aliphatic heterocycles. The monoisotopic (exact) mass is 897 g/mol. The number of nitrogens with zero attached hydrogens (tertiary/aromatic N) is 7. The van der Waals surface area contributed by atoms with Gasteiger partial charge in [-0.25, -0.2) is 9.55 Å². The fraction of sp³-hybridized carbons (Fsp3) is 0.133. The molecule has 68 heavy (non-hydrogen) atoms. The zero-order chi connectivity index (χ0) is 46.4. The highest BCUT2D eigenvalue weighted by atomic mass is 28.3. The Labute approximate surface area is 397 Å². The smallest absolute Gasteiger partial charge is 0.242 e. The number of benzene rings is 8. The molecule has 0 bridgehead atoms. The third kappa shape index (κ3) is 6.54. The van der Waals surface area contributed by atoms with Crippen molar-refractivity contribution in [3.05, 3.63) is 211 Å². The summed E-state index contributed by atoms with van der Waals surface area (Å²) in [6.07, 6.45) is 0. The van der Waals surface area contributed by atoms with Gasteiger partial charge in [0.1, 0.15) is 0 Å². The molecule has 0 saturated carbocycles. The molecule has 8 aromatic carbocycles. The quantitative estimate of drug-likeness (QED) is 0.118. The van der Waals surface area contributed by atoms with Crippen molar-refractivity contribution < 1.29 is 0 Å². The van der Waals surface area contributed by atoms with E-state index < -0.39 is 8.07 Å². The lowest BCUT2D eigenvalue weighted by molar-refractivity contribution is 0.591. The lowest BCUT2D eigenvalue weighted by Gasteiger charge is -2.34. The van der Waals surface area contributed by atoms with Crippen LogP contribution in [0.3, 0.4) is 0 Å². The third-order valence-electron chi connectivity index (χ3n) is 13.8. The first-order chi connectivity index (χ1) is 33.0. The van der Waals surface area contributed by atoms with Crippen LogP contribution < -0.4 is 20.7 Å². The van der Waals surface area contributed by atoms with E-state index in [9.17, 15) is 0 Å². The molecule has 0 fully saturated rings. The minimum atomic E-state index is -2.91. The summed E-state index contributed by atoms with van der Waals surface area (Å²) in [6, 6.07) is 72.6. The van der Waals surface area contributed by atoms with Crippen LogP contribution in [0, 0.1) is 0 Å². The van der Waals surface area contributed by atoms with Crippen LogP contribution in [0.5, 0.6) is 0 Å². The van der Waals surface area contributed by atoms with Gasteiger partial charge in [0.25, 0.3) is 0 Å². The first-order valence-electron chi connectivity index (χ1n) is 23.5. The first kappa shape index (κ1) is 41.5. The second-order valence-electron chi connectivity index (χ2n) is 20.0. The summed E-state index contributed by atoms with van der Waals surface area (Å²) in [6.45, 7) is 13.6. The van der Waals surface area contributed by atoms with Gasteiger partial charge in [-0.15, -0.1) is 0 Å². The van der Waals surface area contributed by atoms with Gasteiger partial charge in [-0.3, -0.25) is 8.97 Å². The summed E-state index contributed by atoms with van der Waals surface area (Å²) in [5.74, 6) is 2.34. The molecule has 8 heteroatoms. The molecule has 0 unspecified atom stereocenters. The molecule has 330 valence electrons. The Bertz CT molecular complexity index is 3700. The Morgan fingerprint density at radius 2 is 0.838 bits per heavy atom. The van der Waals surface area contributed by atoms with Gasteiger partial charge in [-0.1, -0.05) is 205 Å². The van der Waals surface area contributed by atoms with E-state index in [1.165, 1.54) is 31.9 Å². The van der Waals surface area contributed by atoms with E-state index in [1.807, 2.05) is 6.07 Å². The minimum absolute atomic E-state index is 0.0904. The maximum atomic E-state index is 5.60. The van der Waals surface area contributed by atoms with Gasteiger partial charge in [0.15, 0.2) is 13.9 Å². The van der Waals surface area contributed by atoms with Crippen LogP contribution in [-0.4, -0.2) is 41.5 Å². The Kier molecular flexibility index (Phi) is 9.50. The van der Waals surface area contributed by atoms with Gasteiger partial charge in [-0.05, 0) is 79.1 Å². The summed E-state index contributed by atoms with van der Waals surface area (Å²) in [5, 5.41) is 7.43. The fourth-order valence-electron chi connectivity index (χ4n) is 10.4. The van der Waals surface area contributed by atoms with Crippen LogP contribution in [-0.2, 0) is 10.8 Å². The average molecular weight is 898 g/mol. The standard InChI is InChI=1S/C60H51N7Si/c1-59(2,3)41-33-35-47-48-36-34-42(60(4,5)6)39-54(48)65(53(47)38-41)56-62-55(63-57(64-56)67-52-32-19-18-31-51(52)66-50-30-17-16-29-49(50)61-58(66)67)40-21-20-28-46(37-40)68(43-22-10-7-11-23-43,44-24-12-8-13-25-44)45-26-14-9-15-27-45/h7-39H,1-6H3. The molecule has 0 atom stereocenters. The number of rotatable bonds is 7. The number of hydrogen-bond donors (Lipinski definition) is 0. The summed E-state index contributed by atoms with van der Waals surface area (Å²) in [7, 11) is -2.91. The van der Waals surface area contributed by atoms with Crippen LogP contribution in [0.15, 0.2) is 200 Å². The molecule has 0 amide bonds. The van der Waals surface area contributed by atoms with Crippen LogP contribution >= 0.6 is 0 Å². The lowest BCUT2D eigenvalue weighted by atomic mass is 9.86. The maximum absolute atomic E-state index is 5.60. The molecule has 7 nitrogen and oxygen atoms in total. The number of para-hydroxylation sites is 4. The van der Waals surface area contributed by atoms with Crippen LogP contribution in [0.2, 0.25) is 0 Å². The van der Waals surface area contributed by atoms with Crippen molar-refractivity contribution >= 4 is 78.5 Å². The van der Waals surface area contributed by atoms with Crippen molar-refractivity contribution in [1.29, 1.82) is 0 Å². The minimum Gasteiger partial charge on any atom is -0.278 e. The van der Waals surface area contributed by atoms with Crippen LogP contribution in [0.25, 0.3) is 72.9 Å². The first-order valence-corrected chi connectivity index (χ1v) is 25.5. The maximum Gasteiger partial charge on any atom is 0.242 e. The van der Waals surface area contributed by atoms with E-state index in [4.69, 9.17) is 19.9 Å². The fourth-order valence-corrected chi connectivity index (χ4v) is 15.1. The SMILES string of the molecule is CC(C)(C)c1ccc2c3ccc(C(C)(C)C)cc3n(-c3nc(-c4cccc([Si](c5ccccc5)(c5ccccc5)c5ccccc5)c4)nc(-n4c5ccccc5n5c6ccccc6nc45)n3)c2c1. The largest absolute Gasteiger partial charge is 0.278 e. The summed E-state index contributed by atoms with van der Waals surface area (Å²) in [4.78, 5) is 22.0. The van der Waals surface area contributed by atoms with Gasteiger partial charge in [0.2, 0.25) is 17.7 Å². The highest BCUT2D eigenvalue weighted by molar-refractivity contribution is 7.19. The van der Waals surface area contributed by atoms with E-state index >= 15 is 0 Å². The average Bonchev–Trinajstić information content (AvgIpc) is 4.01. The Morgan fingerprint density at radius 1 is 0.368 bits per heavy atom. The molecule has 0 saturated heterocycles. The van der Waals surface area contributed by atoms with E-state index in [1.54, 1.807) is 0 Å². The van der Waals surface area contributed by atoms with Crippen molar-refractivity contribution in [2.24, 2.45) is 0 Å². The molecule has 0 N–H and O–H groups in total. The molecular formula is C60H51N7Si. The van der Waals surface area contributed by atoms with Crippen molar-refractivity contribution in [2.75, 3.05) is 0 Å². The predicted molar refractivity (Wildman–Crippen MR) is 284 cm³/mol. The van der Waals surface area contributed by atoms with Crippen molar-refractivity contribution in [3.8, 4) is 23.3 Å². The Morgan fingerprint density at radius 3 is 1.38 bits per heavy atom. The topological polar surface area (TPSA) is 65.8 Å². The zero-order valence-corrected chi connectivity index (χ0v) is 40.2. The Balaban J connectivity index is 1.20. The summed E-state index contributed by atoms with van der Waals surface area (Å²) in [5.41, 5.74) is 9.19. The highest BCUT2D eigenvalue weighted by Crippen LogP contribution is 2.38. The van der Waals surface area contributed by atoms with E-state index in [0.717, 1.165) is 55.2 Å². The molecule has 4 heterocycles. The van der Waals surface area contributed by atoms with Crippen LogP contribution in [0.1, 0.15) is 52.7 Å². The molecule has 0 aliphatic carbocycles. The molecule has 0 spiro atoms. The van der Waals surface area contributed by atoms with Gasteiger partial charge in [-0.2, -0.15) is 15.0 Å². The molecular weight excluding hydrogens is 847 g/mol. The lowest BCUT2D eigenvalue weighted by Crippen LogP contribution is -2.74. The van der Waals surface area contributed by atoms with Gasteiger partial charge in [0, 0.05) is 16.3 Å². The highest BCUT2D eigenvalue weighted by Gasteiger charge is 2.41. The Hall–Kier alpha value is -7.94. The molecule has 0 aliphatic rings. The van der Waals surface area contributed by atoms with E-state index in [0.29, 0.717) is 17.7 Å². The number of hydrogen-bond acceptors (Lipinski definition) is 4. The van der Waals surface area contributed by atoms with Crippen LogP contribution in [0.4, 0.5) is 0 Å². The summed E-state index contributed by atoms with van der Waals surface area (Å²) >= 11 is 0. The number of imidazole rings is 2. The molecule has 0 radical (unpaired) electrons. The van der Waals surface area contributed by atoms with Gasteiger partial charge >= 0.3 is 0 Å². The van der Waals surface area contributed by atoms with Gasteiger partial charge in [0.05, 0.1) is 33.1 Å². The van der Waals surface area contributed by atoms with E-state index in [2.05, 4.69) is 249 Å². The normalized spacial score (nSPS) is 12.6. The van der Waals surface area contributed by atoms with Gasteiger partial charge < -0.3 is 0 Å². The zero-order valence-electron chi connectivity index (χ0n) is 39.2.